The number of carbonyl (C=O) groups excluding carboxylic acids is 2. The summed E-state index contributed by atoms with van der Waals surface area (Å²) in [4.78, 5) is 34.2. The molecule has 3 aromatic carbocycles. The average molecular weight is 424 g/mol. The van der Waals surface area contributed by atoms with Crippen molar-refractivity contribution in [2.24, 2.45) is 5.10 Å². The van der Waals surface area contributed by atoms with Gasteiger partial charge in [0.1, 0.15) is 5.75 Å². The van der Waals surface area contributed by atoms with Gasteiger partial charge in [0.15, 0.2) is 0 Å². The Morgan fingerprint density at radius 1 is 1.00 bits per heavy atom. The maximum atomic E-state index is 12.1. The maximum absolute atomic E-state index is 12.1. The van der Waals surface area contributed by atoms with E-state index in [4.69, 9.17) is 16.3 Å². The fraction of sp³-hybridized carbons (Fsp3) is 0. The highest BCUT2D eigenvalue weighted by molar-refractivity contribution is 6.30. The molecule has 0 aromatic heterocycles. The van der Waals surface area contributed by atoms with Gasteiger partial charge in [-0.15, -0.1) is 0 Å². The van der Waals surface area contributed by atoms with Crippen molar-refractivity contribution in [2.75, 3.05) is 0 Å². The molecule has 0 aliphatic carbocycles. The van der Waals surface area contributed by atoms with Crippen LogP contribution in [0.25, 0.3) is 0 Å². The number of halogens is 1. The number of nitro benzene ring substituents is 1. The van der Waals surface area contributed by atoms with Crippen LogP contribution in [0, 0.1) is 10.1 Å². The van der Waals surface area contributed by atoms with E-state index in [1.165, 1.54) is 36.5 Å². The number of rotatable bonds is 6. The molecule has 0 radical (unpaired) electrons. The molecule has 1 N–H and O–H groups in total. The molecule has 3 rings (SSSR count). The third-order valence-corrected chi connectivity index (χ3v) is 4.11. The number of nitrogens with one attached hydrogen (secondary N) is 1. The second-order valence-corrected chi connectivity index (χ2v) is 6.41. The van der Waals surface area contributed by atoms with Crippen molar-refractivity contribution >= 4 is 35.4 Å². The lowest BCUT2D eigenvalue weighted by Gasteiger charge is -2.05. The minimum atomic E-state index is -0.546. The first-order valence-electron chi connectivity index (χ1n) is 8.58. The van der Waals surface area contributed by atoms with Gasteiger partial charge in [-0.2, -0.15) is 5.10 Å². The van der Waals surface area contributed by atoms with E-state index in [1.807, 2.05) is 0 Å². The van der Waals surface area contributed by atoms with E-state index in [0.717, 1.165) is 0 Å². The number of hydrogen-bond donors (Lipinski definition) is 1. The normalized spacial score (nSPS) is 10.6. The van der Waals surface area contributed by atoms with Gasteiger partial charge in [0.05, 0.1) is 16.7 Å². The number of benzene rings is 3. The van der Waals surface area contributed by atoms with Gasteiger partial charge in [0.25, 0.3) is 11.6 Å². The Labute approximate surface area is 175 Å². The second kappa shape index (κ2) is 9.44. The van der Waals surface area contributed by atoms with E-state index >= 15 is 0 Å². The Morgan fingerprint density at radius 3 is 2.33 bits per heavy atom. The van der Waals surface area contributed by atoms with Crippen molar-refractivity contribution in [1.82, 2.24) is 5.43 Å². The zero-order chi connectivity index (χ0) is 21.5. The van der Waals surface area contributed by atoms with Crippen LogP contribution in [0.15, 0.2) is 77.9 Å². The Morgan fingerprint density at radius 2 is 1.70 bits per heavy atom. The highest BCUT2D eigenvalue weighted by Crippen LogP contribution is 2.16. The Kier molecular flexibility index (Phi) is 6.51. The van der Waals surface area contributed by atoms with Crippen molar-refractivity contribution in [3.63, 3.8) is 0 Å². The van der Waals surface area contributed by atoms with E-state index in [1.54, 1.807) is 42.5 Å². The predicted molar refractivity (Wildman–Crippen MR) is 111 cm³/mol. The molecule has 0 spiro atoms. The maximum Gasteiger partial charge on any atom is 0.343 e. The summed E-state index contributed by atoms with van der Waals surface area (Å²) in [5.41, 5.74) is 3.45. The summed E-state index contributed by atoms with van der Waals surface area (Å²) in [6.45, 7) is 0. The standard InChI is InChI=1S/C21H14ClN3O5/c22-17-3-1-2-16(12-17)21(27)30-19-10-4-14(5-11-19)13-23-24-20(26)15-6-8-18(9-7-15)25(28)29/h1-13H,(H,24,26). The SMILES string of the molecule is O=C(NN=Cc1ccc(OC(=O)c2cccc(Cl)c2)cc1)c1ccc([N+](=O)[O-])cc1. The minimum absolute atomic E-state index is 0.105. The van der Waals surface area contributed by atoms with Gasteiger partial charge in [0.2, 0.25) is 0 Å². The van der Waals surface area contributed by atoms with Gasteiger partial charge in [0, 0.05) is 22.7 Å². The predicted octanol–water partition coefficient (Wildman–Crippen LogP) is 4.23. The number of carbonyl (C=O) groups is 2. The minimum Gasteiger partial charge on any atom is -0.423 e. The molecule has 0 bridgehead atoms. The van der Waals surface area contributed by atoms with Crippen molar-refractivity contribution in [1.29, 1.82) is 0 Å². The number of nitro groups is 1. The van der Waals surface area contributed by atoms with Gasteiger partial charge in [-0.25, -0.2) is 10.2 Å². The van der Waals surface area contributed by atoms with Gasteiger partial charge in [-0.1, -0.05) is 17.7 Å². The van der Waals surface area contributed by atoms with E-state index in [0.29, 0.717) is 21.9 Å². The fourth-order valence-corrected chi connectivity index (χ4v) is 2.56. The number of amides is 1. The van der Waals surface area contributed by atoms with Gasteiger partial charge < -0.3 is 4.74 Å². The summed E-state index contributed by atoms with van der Waals surface area (Å²) < 4.78 is 5.28. The van der Waals surface area contributed by atoms with Crippen LogP contribution in [0.5, 0.6) is 5.75 Å². The number of esters is 1. The van der Waals surface area contributed by atoms with Crippen molar-refractivity contribution in [3.05, 3.63) is 105 Å². The average Bonchev–Trinajstić information content (AvgIpc) is 2.75. The lowest BCUT2D eigenvalue weighted by molar-refractivity contribution is -0.384. The van der Waals surface area contributed by atoms with Gasteiger partial charge in [-0.3, -0.25) is 14.9 Å². The number of non-ortho nitro benzene ring substituents is 1. The summed E-state index contributed by atoms with van der Waals surface area (Å²) in [5, 5.41) is 14.9. The molecule has 0 unspecified atom stereocenters. The van der Waals surface area contributed by atoms with Crippen LogP contribution in [0.1, 0.15) is 26.3 Å². The molecule has 0 saturated carbocycles. The molecule has 9 heteroatoms. The summed E-state index contributed by atoms with van der Waals surface area (Å²) in [6, 6.07) is 18.1. The summed E-state index contributed by atoms with van der Waals surface area (Å²) in [7, 11) is 0. The zero-order valence-corrected chi connectivity index (χ0v) is 16.1. The Balaban J connectivity index is 1.56. The molecule has 0 heterocycles. The first-order chi connectivity index (χ1) is 14.4. The van der Waals surface area contributed by atoms with E-state index in [-0.39, 0.29) is 11.3 Å². The van der Waals surface area contributed by atoms with Crippen molar-refractivity contribution in [2.45, 2.75) is 0 Å². The second-order valence-electron chi connectivity index (χ2n) is 5.97. The van der Waals surface area contributed by atoms with Crippen LogP contribution in [-0.4, -0.2) is 23.0 Å². The molecule has 0 saturated heterocycles. The highest BCUT2D eigenvalue weighted by Gasteiger charge is 2.10. The topological polar surface area (TPSA) is 111 Å². The molecule has 8 nitrogen and oxygen atoms in total. The molecular weight excluding hydrogens is 410 g/mol. The van der Waals surface area contributed by atoms with Crippen LogP contribution in [-0.2, 0) is 0 Å². The summed E-state index contributed by atoms with van der Waals surface area (Å²) in [6.07, 6.45) is 1.41. The molecule has 30 heavy (non-hydrogen) atoms. The number of hydrogen-bond acceptors (Lipinski definition) is 6. The fourth-order valence-electron chi connectivity index (χ4n) is 2.37. The Hall–Kier alpha value is -4.04. The smallest absolute Gasteiger partial charge is 0.343 e. The molecule has 0 atom stereocenters. The molecule has 0 aliphatic rings. The number of nitrogens with zero attached hydrogens (tertiary/aromatic N) is 2. The summed E-state index contributed by atoms with van der Waals surface area (Å²) >= 11 is 5.86. The molecule has 0 fully saturated rings. The molecule has 150 valence electrons. The van der Waals surface area contributed by atoms with Crippen LogP contribution in [0.2, 0.25) is 5.02 Å². The quantitative estimate of drug-likeness (QED) is 0.210. The number of hydrazone groups is 1. The van der Waals surface area contributed by atoms with Crippen LogP contribution in [0.4, 0.5) is 5.69 Å². The monoisotopic (exact) mass is 423 g/mol. The molecule has 3 aromatic rings. The molecule has 0 aliphatic heterocycles. The van der Waals surface area contributed by atoms with Crippen molar-refractivity contribution in [3.8, 4) is 5.75 Å². The molecular formula is C21H14ClN3O5. The first-order valence-corrected chi connectivity index (χ1v) is 8.96. The third kappa shape index (κ3) is 5.49. The molecule has 1 amide bonds. The summed E-state index contributed by atoms with van der Waals surface area (Å²) in [5.74, 6) is -0.700. The van der Waals surface area contributed by atoms with E-state index in [9.17, 15) is 19.7 Å². The van der Waals surface area contributed by atoms with Crippen LogP contribution < -0.4 is 10.2 Å². The third-order valence-electron chi connectivity index (χ3n) is 3.87. The van der Waals surface area contributed by atoms with Gasteiger partial charge in [-0.05, 0) is 60.2 Å². The lowest BCUT2D eigenvalue weighted by Crippen LogP contribution is -2.17. The van der Waals surface area contributed by atoms with E-state index in [2.05, 4.69) is 10.5 Å². The zero-order valence-electron chi connectivity index (χ0n) is 15.3. The Bertz CT molecular complexity index is 1110. The van der Waals surface area contributed by atoms with Crippen molar-refractivity contribution < 1.29 is 19.2 Å². The largest absolute Gasteiger partial charge is 0.423 e. The first kappa shape index (κ1) is 20.7. The number of ether oxygens (including phenoxy) is 1. The van der Waals surface area contributed by atoms with Gasteiger partial charge >= 0.3 is 5.97 Å². The van der Waals surface area contributed by atoms with E-state index < -0.39 is 16.8 Å². The highest BCUT2D eigenvalue weighted by atomic mass is 35.5. The lowest BCUT2D eigenvalue weighted by atomic mass is 10.2. The van der Waals surface area contributed by atoms with Crippen LogP contribution >= 0.6 is 11.6 Å². The van der Waals surface area contributed by atoms with Crippen LogP contribution in [0.3, 0.4) is 0 Å².